The summed E-state index contributed by atoms with van der Waals surface area (Å²) < 4.78 is 10.4. The van der Waals surface area contributed by atoms with E-state index >= 15 is 0 Å². The van der Waals surface area contributed by atoms with Crippen molar-refractivity contribution in [3.8, 4) is 11.5 Å². The maximum atomic E-state index is 12.5. The van der Waals surface area contributed by atoms with Gasteiger partial charge in [0.15, 0.2) is 5.76 Å². The third-order valence-electron chi connectivity index (χ3n) is 5.59. The molecule has 1 aliphatic rings. The second-order valence-corrected chi connectivity index (χ2v) is 7.73. The third kappa shape index (κ3) is 5.07. The Morgan fingerprint density at radius 3 is 2.59 bits per heavy atom. The fourth-order valence-corrected chi connectivity index (χ4v) is 3.82. The molecule has 0 bridgehead atoms. The Kier molecular flexibility index (Phi) is 6.88. The lowest BCUT2D eigenvalue weighted by molar-refractivity contribution is -0.837. The summed E-state index contributed by atoms with van der Waals surface area (Å²) in [6.07, 6.45) is 2.81. The van der Waals surface area contributed by atoms with Gasteiger partial charge in [-0.1, -0.05) is 5.75 Å². The van der Waals surface area contributed by atoms with Crippen LogP contribution in [-0.2, 0) is 0 Å². The molecule has 0 atom stereocenters. The number of amides is 1. The molecule has 1 fully saturated rings. The third-order valence-corrected chi connectivity index (χ3v) is 5.59. The molecule has 2 aromatic carbocycles. The minimum atomic E-state index is -0.571. The molecule has 2 heterocycles. The van der Waals surface area contributed by atoms with Gasteiger partial charge < -0.3 is 19.2 Å². The highest BCUT2D eigenvalue weighted by atomic mass is 16.6. The van der Waals surface area contributed by atoms with Crippen molar-refractivity contribution in [1.29, 1.82) is 0 Å². The number of nitrogens with zero attached hydrogens (tertiary/aromatic N) is 3. The Bertz CT molecular complexity index is 1180. The zero-order chi connectivity index (χ0) is 24.1. The van der Waals surface area contributed by atoms with Crippen LogP contribution in [0.15, 0.2) is 64.2 Å². The highest BCUT2D eigenvalue weighted by Gasteiger charge is 2.26. The van der Waals surface area contributed by atoms with Crippen molar-refractivity contribution in [2.45, 2.75) is 6.92 Å². The van der Waals surface area contributed by atoms with Crippen LogP contribution in [0.4, 0.5) is 17.1 Å². The highest BCUT2D eigenvalue weighted by molar-refractivity contribution is 5.91. The number of carbonyl (C=O) groups is 1. The van der Waals surface area contributed by atoms with E-state index in [4.69, 9.17) is 9.15 Å². The quantitative estimate of drug-likeness (QED) is 0.324. The summed E-state index contributed by atoms with van der Waals surface area (Å²) in [7, 11) is 0. The number of aliphatic imine (C=N–C) groups is 1. The van der Waals surface area contributed by atoms with Crippen LogP contribution in [0.25, 0.3) is 0 Å². The molecule has 1 N–H and O–H groups in total. The number of piperazine rings is 1. The molecule has 0 unspecified atom stereocenters. The monoisotopic (exact) mass is 464 g/mol. The van der Waals surface area contributed by atoms with E-state index < -0.39 is 10.7 Å². The van der Waals surface area contributed by atoms with Gasteiger partial charge in [0.1, 0.15) is 11.4 Å². The average Bonchev–Trinajstić information content (AvgIpc) is 3.39. The minimum Gasteiger partial charge on any atom is -0.870 e. The lowest BCUT2D eigenvalue weighted by atomic mass is 10.1. The van der Waals surface area contributed by atoms with Gasteiger partial charge in [-0.2, -0.15) is 0 Å². The Hall–Kier alpha value is -4.18. The molecule has 10 nitrogen and oxygen atoms in total. The smallest absolute Gasteiger partial charge is 0.289 e. The second kappa shape index (κ2) is 10.2. The van der Waals surface area contributed by atoms with Gasteiger partial charge in [-0.3, -0.25) is 24.8 Å². The number of nitrogens with one attached hydrogen (secondary N) is 1. The van der Waals surface area contributed by atoms with E-state index in [1.165, 1.54) is 23.4 Å². The molecule has 34 heavy (non-hydrogen) atoms. The van der Waals surface area contributed by atoms with Gasteiger partial charge in [-0.05, 0) is 36.8 Å². The molecule has 1 aromatic heterocycles. The van der Waals surface area contributed by atoms with Crippen LogP contribution in [0, 0.1) is 10.1 Å². The number of quaternary nitrogens is 1. The second-order valence-electron chi connectivity index (χ2n) is 7.73. The van der Waals surface area contributed by atoms with E-state index in [9.17, 15) is 20.0 Å². The fraction of sp³-hybridized carbons (Fsp3) is 0.250. The van der Waals surface area contributed by atoms with E-state index in [0.29, 0.717) is 24.5 Å². The van der Waals surface area contributed by atoms with Crippen molar-refractivity contribution in [3.63, 3.8) is 0 Å². The molecular weight excluding hydrogens is 440 g/mol. The molecule has 1 aliphatic heterocycles. The van der Waals surface area contributed by atoms with E-state index in [1.807, 2.05) is 24.3 Å². The molecule has 0 spiro atoms. The number of furan rings is 1. The number of ether oxygens (including phenoxy) is 1. The first-order valence-electron chi connectivity index (χ1n) is 10.9. The van der Waals surface area contributed by atoms with Crippen LogP contribution in [0.1, 0.15) is 23.0 Å². The van der Waals surface area contributed by atoms with Crippen molar-refractivity contribution in [1.82, 2.24) is 4.90 Å². The Labute approximate surface area is 195 Å². The van der Waals surface area contributed by atoms with Gasteiger partial charge in [0.25, 0.3) is 11.6 Å². The summed E-state index contributed by atoms with van der Waals surface area (Å²) in [5.74, 6) is -0.259. The summed E-state index contributed by atoms with van der Waals surface area (Å²) >= 11 is 0. The van der Waals surface area contributed by atoms with Gasteiger partial charge in [0, 0.05) is 24.4 Å². The summed E-state index contributed by atoms with van der Waals surface area (Å²) in [5.41, 5.74) is 1.54. The van der Waals surface area contributed by atoms with E-state index in [2.05, 4.69) is 4.99 Å². The zero-order valence-electron chi connectivity index (χ0n) is 18.6. The van der Waals surface area contributed by atoms with Crippen LogP contribution in [0.5, 0.6) is 11.5 Å². The summed E-state index contributed by atoms with van der Waals surface area (Å²) in [5, 5.41) is 23.7. The zero-order valence-corrected chi connectivity index (χ0v) is 18.6. The standard InChI is InChI=1S/C24H24N4O6/c1-2-33-22-15-20(28(31)32)14-17(23(22)29)16-25-18-5-7-19(8-6-18)26-9-11-27(12-10-26)24(30)21-4-3-13-34-21/h3-8,13-16,29H,2,9-12H2,1H3. The number of carbonyl (C=O) groups excluding carboxylic acids is 1. The molecule has 0 aliphatic carbocycles. The number of benzene rings is 2. The van der Waals surface area contributed by atoms with Crippen molar-refractivity contribution < 1.29 is 28.9 Å². The SMILES string of the molecule is CCOc1cc([N+](=O)[O-])cc(C=Nc2ccc([NH+]3CCN(C(=O)c4ccco4)CC3)cc2)c1[O-]. The van der Waals surface area contributed by atoms with E-state index in [1.54, 1.807) is 24.0 Å². The van der Waals surface area contributed by atoms with Crippen LogP contribution < -0.4 is 14.7 Å². The Balaban J connectivity index is 1.42. The molecule has 0 saturated carbocycles. The number of hydrogen-bond donors (Lipinski definition) is 1. The maximum absolute atomic E-state index is 12.5. The van der Waals surface area contributed by atoms with Crippen LogP contribution >= 0.6 is 0 Å². The average molecular weight is 464 g/mol. The number of non-ortho nitro benzene ring substituents is 1. The molecule has 1 saturated heterocycles. The van der Waals surface area contributed by atoms with Crippen molar-refractivity contribution in [3.05, 3.63) is 76.2 Å². The molecule has 1 amide bonds. The van der Waals surface area contributed by atoms with Crippen molar-refractivity contribution in [2.75, 3.05) is 32.8 Å². The van der Waals surface area contributed by atoms with Gasteiger partial charge >= 0.3 is 0 Å². The van der Waals surface area contributed by atoms with E-state index in [-0.39, 0.29) is 29.5 Å². The van der Waals surface area contributed by atoms with E-state index in [0.717, 1.165) is 24.8 Å². The number of rotatable bonds is 7. The largest absolute Gasteiger partial charge is 0.870 e. The van der Waals surface area contributed by atoms with Crippen LogP contribution in [-0.4, -0.2) is 54.7 Å². The van der Waals surface area contributed by atoms with Crippen LogP contribution in [0.2, 0.25) is 0 Å². The van der Waals surface area contributed by atoms with Gasteiger partial charge in [-0.15, -0.1) is 0 Å². The molecule has 4 rings (SSSR count). The first-order chi connectivity index (χ1) is 16.5. The Morgan fingerprint density at radius 1 is 1.24 bits per heavy atom. The molecule has 0 radical (unpaired) electrons. The summed E-state index contributed by atoms with van der Waals surface area (Å²) in [6.45, 7) is 4.70. The lowest BCUT2D eigenvalue weighted by Gasteiger charge is -2.31. The summed E-state index contributed by atoms with van der Waals surface area (Å²) in [6, 6.07) is 13.2. The predicted molar refractivity (Wildman–Crippen MR) is 122 cm³/mol. The van der Waals surface area contributed by atoms with Gasteiger partial charge in [-0.25, -0.2) is 0 Å². The van der Waals surface area contributed by atoms with Gasteiger partial charge in [0.05, 0.1) is 55.7 Å². The molecule has 10 heteroatoms. The lowest BCUT2D eigenvalue weighted by Crippen LogP contribution is -3.10. The maximum Gasteiger partial charge on any atom is 0.289 e. The molecular formula is C24H24N4O6. The summed E-state index contributed by atoms with van der Waals surface area (Å²) in [4.78, 5) is 30.4. The number of nitro groups is 1. The van der Waals surface area contributed by atoms with Crippen molar-refractivity contribution in [2.24, 2.45) is 4.99 Å². The first-order valence-corrected chi connectivity index (χ1v) is 10.9. The normalized spacial score (nSPS) is 14.4. The molecule has 3 aromatic rings. The first kappa shape index (κ1) is 23.0. The minimum absolute atomic E-state index is 0.0678. The molecule has 176 valence electrons. The number of hydrogen-bond acceptors (Lipinski definition) is 7. The fourth-order valence-electron chi connectivity index (χ4n) is 3.82. The van der Waals surface area contributed by atoms with Crippen LogP contribution in [0.3, 0.4) is 0 Å². The van der Waals surface area contributed by atoms with Gasteiger partial charge in [0.2, 0.25) is 0 Å². The van der Waals surface area contributed by atoms with Crippen molar-refractivity contribution >= 4 is 29.2 Å². The topological polar surface area (TPSA) is 126 Å². The Morgan fingerprint density at radius 2 is 1.97 bits per heavy atom. The predicted octanol–water partition coefficient (Wildman–Crippen LogP) is 2.08. The number of nitro benzene ring substituents is 1. The highest BCUT2D eigenvalue weighted by Crippen LogP contribution is 2.32.